The highest BCUT2D eigenvalue weighted by Gasteiger charge is 2.34. The summed E-state index contributed by atoms with van der Waals surface area (Å²) in [6, 6.07) is 7.90. The first-order valence-corrected chi connectivity index (χ1v) is 9.20. The zero-order valence-electron chi connectivity index (χ0n) is 15.0. The first-order valence-electron chi connectivity index (χ1n) is 9.20. The molecular formula is C19H31ClFN3O. The normalized spacial score (nSPS) is 26.6. The standard InChI is InChI=1S/C19H30FN3O.ClH/c1-23(13-15-5-7-16(20)8-6-15)11-9-21-18-4-2-3-17(18)19-14-24-12-10-22-19;/h5-8,17-19,21-22H,2-4,9-14H2,1H3;1H. The van der Waals surface area contributed by atoms with Gasteiger partial charge in [0.1, 0.15) is 5.82 Å². The summed E-state index contributed by atoms with van der Waals surface area (Å²) in [5.74, 6) is 0.517. The van der Waals surface area contributed by atoms with Crippen LogP contribution in [0.5, 0.6) is 0 Å². The van der Waals surface area contributed by atoms with Gasteiger partial charge in [-0.3, -0.25) is 0 Å². The number of ether oxygens (including phenoxy) is 1. The Kier molecular flexibility index (Phi) is 8.59. The second kappa shape index (κ2) is 10.4. The summed E-state index contributed by atoms with van der Waals surface area (Å²) in [4.78, 5) is 2.28. The molecule has 1 heterocycles. The highest BCUT2D eigenvalue weighted by Crippen LogP contribution is 2.29. The van der Waals surface area contributed by atoms with Crippen LogP contribution in [0.1, 0.15) is 24.8 Å². The average molecular weight is 372 g/mol. The van der Waals surface area contributed by atoms with Gasteiger partial charge >= 0.3 is 0 Å². The molecule has 1 aliphatic carbocycles. The van der Waals surface area contributed by atoms with Crippen molar-refractivity contribution in [1.29, 1.82) is 0 Å². The van der Waals surface area contributed by atoms with Crippen LogP contribution in [0.25, 0.3) is 0 Å². The number of nitrogens with one attached hydrogen (secondary N) is 2. The molecule has 1 aromatic rings. The highest BCUT2D eigenvalue weighted by atomic mass is 35.5. The second-order valence-electron chi connectivity index (χ2n) is 7.16. The van der Waals surface area contributed by atoms with Crippen LogP contribution in [0, 0.1) is 11.7 Å². The quantitative estimate of drug-likeness (QED) is 0.771. The van der Waals surface area contributed by atoms with Crippen LogP contribution >= 0.6 is 12.4 Å². The van der Waals surface area contributed by atoms with E-state index in [1.54, 1.807) is 0 Å². The van der Waals surface area contributed by atoms with Crippen molar-refractivity contribution in [3.05, 3.63) is 35.6 Å². The molecule has 142 valence electrons. The first-order chi connectivity index (χ1) is 11.7. The lowest BCUT2D eigenvalue weighted by Gasteiger charge is -2.33. The molecule has 0 spiro atoms. The minimum atomic E-state index is -0.171. The number of rotatable bonds is 7. The maximum atomic E-state index is 13.0. The van der Waals surface area contributed by atoms with Gasteiger partial charge in [-0.2, -0.15) is 0 Å². The topological polar surface area (TPSA) is 36.5 Å². The number of nitrogens with zero attached hydrogens (tertiary/aromatic N) is 1. The number of halogens is 2. The number of morpholine rings is 1. The molecule has 0 aromatic heterocycles. The number of benzene rings is 1. The molecule has 25 heavy (non-hydrogen) atoms. The van der Waals surface area contributed by atoms with E-state index in [0.717, 1.165) is 45.0 Å². The van der Waals surface area contributed by atoms with Gasteiger partial charge in [-0.05, 0) is 43.5 Å². The van der Waals surface area contributed by atoms with Crippen molar-refractivity contribution in [3.8, 4) is 0 Å². The van der Waals surface area contributed by atoms with Crippen molar-refractivity contribution in [1.82, 2.24) is 15.5 Å². The van der Waals surface area contributed by atoms with Crippen LogP contribution in [0.3, 0.4) is 0 Å². The van der Waals surface area contributed by atoms with Crippen LogP contribution in [-0.2, 0) is 11.3 Å². The van der Waals surface area contributed by atoms with Crippen molar-refractivity contribution >= 4 is 12.4 Å². The zero-order valence-corrected chi connectivity index (χ0v) is 15.9. The van der Waals surface area contributed by atoms with E-state index in [1.807, 2.05) is 12.1 Å². The Hall–Kier alpha value is -0.720. The smallest absolute Gasteiger partial charge is 0.123 e. The molecule has 1 aromatic carbocycles. The van der Waals surface area contributed by atoms with Gasteiger partial charge < -0.3 is 20.3 Å². The molecule has 3 atom stereocenters. The van der Waals surface area contributed by atoms with E-state index >= 15 is 0 Å². The van der Waals surface area contributed by atoms with E-state index in [1.165, 1.54) is 31.4 Å². The Labute approximate surface area is 156 Å². The van der Waals surface area contributed by atoms with Crippen LogP contribution < -0.4 is 10.6 Å². The molecule has 0 bridgehead atoms. The molecule has 4 nitrogen and oxygen atoms in total. The van der Waals surface area contributed by atoms with Crippen LogP contribution in [-0.4, -0.2) is 56.9 Å². The summed E-state index contributed by atoms with van der Waals surface area (Å²) < 4.78 is 18.6. The molecule has 2 N–H and O–H groups in total. The van der Waals surface area contributed by atoms with Crippen LogP contribution in [0.2, 0.25) is 0 Å². The van der Waals surface area contributed by atoms with Crippen LogP contribution in [0.15, 0.2) is 24.3 Å². The Morgan fingerprint density at radius 2 is 2.08 bits per heavy atom. The van der Waals surface area contributed by atoms with Crippen molar-refractivity contribution in [2.45, 2.75) is 37.9 Å². The summed E-state index contributed by atoms with van der Waals surface area (Å²) in [5, 5.41) is 7.38. The maximum Gasteiger partial charge on any atom is 0.123 e. The zero-order chi connectivity index (χ0) is 16.8. The van der Waals surface area contributed by atoms with Crippen molar-refractivity contribution in [2.75, 3.05) is 39.9 Å². The molecular weight excluding hydrogens is 341 g/mol. The van der Waals surface area contributed by atoms with E-state index in [4.69, 9.17) is 4.74 Å². The highest BCUT2D eigenvalue weighted by molar-refractivity contribution is 5.85. The van der Waals surface area contributed by atoms with Gasteiger partial charge in [0.2, 0.25) is 0 Å². The van der Waals surface area contributed by atoms with E-state index in [9.17, 15) is 4.39 Å². The fraction of sp³-hybridized carbons (Fsp3) is 0.684. The fourth-order valence-corrected chi connectivity index (χ4v) is 4.01. The number of hydrogen-bond donors (Lipinski definition) is 2. The largest absolute Gasteiger partial charge is 0.379 e. The average Bonchev–Trinajstić information content (AvgIpc) is 3.06. The number of hydrogen-bond acceptors (Lipinski definition) is 4. The minimum Gasteiger partial charge on any atom is -0.379 e. The lowest BCUT2D eigenvalue weighted by molar-refractivity contribution is 0.0524. The summed E-state index contributed by atoms with van der Waals surface area (Å²) in [5.41, 5.74) is 1.15. The Morgan fingerprint density at radius 1 is 1.28 bits per heavy atom. The lowest BCUT2D eigenvalue weighted by atomic mass is 9.94. The minimum absolute atomic E-state index is 0. The molecule has 2 fully saturated rings. The van der Waals surface area contributed by atoms with Gasteiger partial charge in [0.25, 0.3) is 0 Å². The molecule has 1 saturated carbocycles. The van der Waals surface area contributed by atoms with Crippen LogP contribution in [0.4, 0.5) is 4.39 Å². The Bertz CT molecular complexity index is 496. The third-order valence-corrected chi connectivity index (χ3v) is 5.30. The summed E-state index contributed by atoms with van der Waals surface area (Å²) in [6.07, 6.45) is 3.88. The molecule has 3 rings (SSSR count). The van der Waals surface area contributed by atoms with Gasteiger partial charge in [0.15, 0.2) is 0 Å². The van der Waals surface area contributed by atoms with Gasteiger partial charge in [-0.25, -0.2) is 4.39 Å². The predicted molar refractivity (Wildman–Crippen MR) is 102 cm³/mol. The van der Waals surface area contributed by atoms with E-state index in [2.05, 4.69) is 22.6 Å². The third-order valence-electron chi connectivity index (χ3n) is 5.30. The second-order valence-corrected chi connectivity index (χ2v) is 7.16. The predicted octanol–water partition coefficient (Wildman–Crippen LogP) is 2.43. The van der Waals surface area contributed by atoms with Crippen molar-refractivity contribution in [3.63, 3.8) is 0 Å². The van der Waals surface area contributed by atoms with Crippen molar-refractivity contribution < 1.29 is 9.13 Å². The summed E-state index contributed by atoms with van der Waals surface area (Å²) in [7, 11) is 2.12. The van der Waals surface area contributed by atoms with Gasteiger partial charge in [0, 0.05) is 38.3 Å². The van der Waals surface area contributed by atoms with E-state index < -0.39 is 0 Å². The third kappa shape index (κ3) is 6.19. The van der Waals surface area contributed by atoms with Gasteiger partial charge in [-0.15, -0.1) is 12.4 Å². The van der Waals surface area contributed by atoms with E-state index in [-0.39, 0.29) is 18.2 Å². The molecule has 1 aliphatic heterocycles. The SMILES string of the molecule is CN(CCNC1CCCC1C1COCCN1)Cc1ccc(F)cc1.Cl. The molecule has 2 aliphatic rings. The fourth-order valence-electron chi connectivity index (χ4n) is 4.01. The van der Waals surface area contributed by atoms with Gasteiger partial charge in [-0.1, -0.05) is 18.6 Å². The molecule has 0 radical (unpaired) electrons. The molecule has 6 heteroatoms. The summed E-state index contributed by atoms with van der Waals surface area (Å²) in [6.45, 7) is 5.52. The molecule has 0 amide bonds. The molecule has 3 unspecified atom stereocenters. The Morgan fingerprint density at radius 3 is 2.80 bits per heavy atom. The maximum absolute atomic E-state index is 13.0. The van der Waals surface area contributed by atoms with Crippen molar-refractivity contribution in [2.24, 2.45) is 5.92 Å². The lowest BCUT2D eigenvalue weighted by Crippen LogP contribution is -2.51. The van der Waals surface area contributed by atoms with Gasteiger partial charge in [0.05, 0.1) is 13.2 Å². The Balaban J connectivity index is 0.00000225. The summed E-state index contributed by atoms with van der Waals surface area (Å²) >= 11 is 0. The number of likely N-dealkylation sites (N-methyl/N-ethyl adjacent to an activating group) is 1. The molecule has 1 saturated heterocycles. The monoisotopic (exact) mass is 371 g/mol. The van der Waals surface area contributed by atoms with E-state index in [0.29, 0.717) is 18.0 Å². The first kappa shape index (κ1) is 20.6.